The molecule has 17 heavy (non-hydrogen) atoms. The summed E-state index contributed by atoms with van der Waals surface area (Å²) in [5.41, 5.74) is 0.638. The van der Waals surface area contributed by atoms with Crippen LogP contribution in [0.1, 0.15) is 32.3 Å². The Morgan fingerprint density at radius 2 is 2.24 bits per heavy atom. The van der Waals surface area contributed by atoms with Crippen LogP contribution >= 0.6 is 0 Å². The van der Waals surface area contributed by atoms with Gasteiger partial charge in [0.15, 0.2) is 11.6 Å². The summed E-state index contributed by atoms with van der Waals surface area (Å²) in [6.45, 7) is 3.76. The summed E-state index contributed by atoms with van der Waals surface area (Å²) >= 11 is 0. The van der Waals surface area contributed by atoms with Crippen molar-refractivity contribution in [2.75, 3.05) is 6.61 Å². The van der Waals surface area contributed by atoms with Crippen LogP contribution in [-0.2, 0) is 0 Å². The lowest BCUT2D eigenvalue weighted by Gasteiger charge is -2.14. The predicted octanol–water partition coefficient (Wildman–Crippen LogP) is 2.74. The average Bonchev–Trinajstić information content (AvgIpc) is 2.30. The smallest absolute Gasteiger partial charge is 0.165 e. The zero-order valence-electron chi connectivity index (χ0n) is 10.2. The highest BCUT2D eigenvalue weighted by Gasteiger charge is 2.08. The Balaban J connectivity index is 2.83. The van der Waals surface area contributed by atoms with E-state index in [2.05, 4.69) is 18.8 Å². The normalized spacial score (nSPS) is 11.5. The molecule has 0 amide bonds. The fourth-order valence-corrected chi connectivity index (χ4v) is 1.50. The van der Waals surface area contributed by atoms with Crippen molar-refractivity contribution in [2.45, 2.75) is 32.8 Å². The molecule has 0 fully saturated rings. The van der Waals surface area contributed by atoms with E-state index in [0.29, 0.717) is 5.56 Å². The Labute approximate surface area is 101 Å². The molecule has 0 saturated heterocycles. The van der Waals surface area contributed by atoms with Crippen LogP contribution < -0.4 is 4.74 Å². The predicted molar refractivity (Wildman–Crippen MR) is 65.4 cm³/mol. The maximum atomic E-state index is 13.5. The molecule has 0 aromatic heterocycles. The molecule has 1 atom stereocenters. The molecule has 0 saturated carbocycles. The van der Waals surface area contributed by atoms with Gasteiger partial charge in [-0.05, 0) is 31.5 Å². The molecule has 0 spiro atoms. The molecule has 0 heterocycles. The van der Waals surface area contributed by atoms with Gasteiger partial charge in [0.1, 0.15) is 6.61 Å². The summed E-state index contributed by atoms with van der Waals surface area (Å²) in [6, 6.07) is 4.45. The Bertz CT molecular complexity index is 418. The van der Waals surface area contributed by atoms with E-state index < -0.39 is 0 Å². The van der Waals surface area contributed by atoms with Gasteiger partial charge in [0.25, 0.3) is 0 Å². The molecular formula is C14H17FO2. The second-order valence-corrected chi connectivity index (χ2v) is 3.82. The minimum absolute atomic E-state index is 0.0180. The second kappa shape index (κ2) is 6.93. The highest BCUT2D eigenvalue weighted by atomic mass is 19.1. The van der Waals surface area contributed by atoms with Gasteiger partial charge in [0, 0.05) is 5.56 Å². The van der Waals surface area contributed by atoms with Crippen LogP contribution in [0.25, 0.3) is 0 Å². The summed E-state index contributed by atoms with van der Waals surface area (Å²) in [7, 11) is 0. The minimum atomic E-state index is -0.387. The van der Waals surface area contributed by atoms with Crippen LogP contribution in [0, 0.1) is 17.7 Å². The van der Waals surface area contributed by atoms with Crippen molar-refractivity contribution >= 4 is 0 Å². The number of ether oxygens (including phenoxy) is 1. The molecule has 1 N–H and O–H groups in total. The fraction of sp³-hybridized carbons (Fsp3) is 0.429. The highest BCUT2D eigenvalue weighted by molar-refractivity contribution is 5.40. The third-order valence-electron chi connectivity index (χ3n) is 2.27. The van der Waals surface area contributed by atoms with Crippen LogP contribution in [-0.4, -0.2) is 17.8 Å². The molecule has 1 aromatic carbocycles. The van der Waals surface area contributed by atoms with Gasteiger partial charge in [-0.15, -0.1) is 0 Å². The zero-order chi connectivity index (χ0) is 12.7. The number of hydrogen-bond donors (Lipinski definition) is 1. The molecule has 1 aromatic rings. The summed E-state index contributed by atoms with van der Waals surface area (Å²) < 4.78 is 19.0. The van der Waals surface area contributed by atoms with Crippen molar-refractivity contribution in [3.63, 3.8) is 0 Å². The van der Waals surface area contributed by atoms with Gasteiger partial charge in [-0.25, -0.2) is 4.39 Å². The molecule has 0 aliphatic carbocycles. The lowest BCUT2D eigenvalue weighted by Crippen LogP contribution is -2.12. The fourth-order valence-electron chi connectivity index (χ4n) is 1.50. The first-order chi connectivity index (χ1) is 8.17. The highest BCUT2D eigenvalue weighted by Crippen LogP contribution is 2.20. The molecule has 0 bridgehead atoms. The van der Waals surface area contributed by atoms with Gasteiger partial charge in [-0.2, -0.15) is 0 Å². The molecule has 2 nitrogen and oxygen atoms in total. The maximum absolute atomic E-state index is 13.5. The SMILES string of the molecule is CCCC(C)Oc1cc(C#CCO)ccc1F. The molecule has 0 aliphatic heterocycles. The first-order valence-corrected chi connectivity index (χ1v) is 5.73. The van der Waals surface area contributed by atoms with Gasteiger partial charge >= 0.3 is 0 Å². The lowest BCUT2D eigenvalue weighted by molar-refractivity contribution is 0.201. The maximum Gasteiger partial charge on any atom is 0.165 e. The Morgan fingerprint density at radius 1 is 1.47 bits per heavy atom. The van der Waals surface area contributed by atoms with Gasteiger partial charge in [-0.3, -0.25) is 0 Å². The van der Waals surface area contributed by atoms with Crippen LogP contribution in [0.3, 0.4) is 0 Å². The van der Waals surface area contributed by atoms with Gasteiger partial charge in [0.2, 0.25) is 0 Å². The van der Waals surface area contributed by atoms with Crippen molar-refractivity contribution in [3.8, 4) is 17.6 Å². The van der Waals surface area contributed by atoms with E-state index >= 15 is 0 Å². The Hall–Kier alpha value is -1.53. The Kier molecular flexibility index (Phi) is 5.51. The summed E-state index contributed by atoms with van der Waals surface area (Å²) in [4.78, 5) is 0. The third kappa shape index (κ3) is 4.46. The van der Waals surface area contributed by atoms with E-state index in [4.69, 9.17) is 9.84 Å². The van der Waals surface area contributed by atoms with E-state index in [1.165, 1.54) is 6.07 Å². The standard InChI is InChI=1S/C14H17FO2/c1-3-5-11(2)17-14-10-12(6-4-9-16)7-8-13(14)15/h7-8,10-11,16H,3,5,9H2,1-2H3. The lowest BCUT2D eigenvalue weighted by atomic mass is 10.2. The number of aliphatic hydroxyl groups excluding tert-OH is 1. The van der Waals surface area contributed by atoms with E-state index in [0.717, 1.165) is 12.8 Å². The second-order valence-electron chi connectivity index (χ2n) is 3.82. The summed E-state index contributed by atoms with van der Waals surface area (Å²) in [5.74, 6) is 5.07. The van der Waals surface area contributed by atoms with Crippen molar-refractivity contribution in [3.05, 3.63) is 29.6 Å². The van der Waals surface area contributed by atoms with E-state index in [1.807, 2.05) is 6.92 Å². The third-order valence-corrected chi connectivity index (χ3v) is 2.27. The number of rotatable bonds is 4. The van der Waals surface area contributed by atoms with Crippen molar-refractivity contribution < 1.29 is 14.2 Å². The van der Waals surface area contributed by atoms with Gasteiger partial charge in [-0.1, -0.05) is 25.2 Å². The molecule has 1 unspecified atom stereocenters. The quantitative estimate of drug-likeness (QED) is 0.814. The topological polar surface area (TPSA) is 29.5 Å². The van der Waals surface area contributed by atoms with Crippen molar-refractivity contribution in [1.29, 1.82) is 0 Å². The minimum Gasteiger partial charge on any atom is -0.488 e. The van der Waals surface area contributed by atoms with Crippen LogP contribution in [0.4, 0.5) is 4.39 Å². The zero-order valence-corrected chi connectivity index (χ0v) is 10.2. The van der Waals surface area contributed by atoms with Crippen molar-refractivity contribution in [1.82, 2.24) is 0 Å². The van der Waals surface area contributed by atoms with Crippen molar-refractivity contribution in [2.24, 2.45) is 0 Å². The number of hydrogen-bond acceptors (Lipinski definition) is 2. The summed E-state index contributed by atoms with van der Waals surface area (Å²) in [5, 5.41) is 8.59. The van der Waals surface area contributed by atoms with Crippen LogP contribution in [0.5, 0.6) is 5.75 Å². The van der Waals surface area contributed by atoms with E-state index in [-0.39, 0.29) is 24.3 Å². The first-order valence-electron chi connectivity index (χ1n) is 5.73. The number of halogens is 1. The molecule has 0 aliphatic rings. The molecule has 3 heteroatoms. The summed E-state index contributed by atoms with van der Waals surface area (Å²) in [6.07, 6.45) is 1.86. The van der Waals surface area contributed by atoms with Gasteiger partial charge < -0.3 is 9.84 Å². The largest absolute Gasteiger partial charge is 0.488 e. The Morgan fingerprint density at radius 3 is 2.88 bits per heavy atom. The van der Waals surface area contributed by atoms with Crippen LogP contribution in [0.15, 0.2) is 18.2 Å². The molecule has 0 radical (unpaired) electrons. The average molecular weight is 236 g/mol. The van der Waals surface area contributed by atoms with E-state index in [9.17, 15) is 4.39 Å². The van der Waals surface area contributed by atoms with Crippen LogP contribution in [0.2, 0.25) is 0 Å². The van der Waals surface area contributed by atoms with E-state index in [1.54, 1.807) is 12.1 Å². The number of aliphatic hydroxyl groups is 1. The van der Waals surface area contributed by atoms with Gasteiger partial charge in [0.05, 0.1) is 6.10 Å². The monoisotopic (exact) mass is 236 g/mol. The molecule has 92 valence electrons. The number of benzene rings is 1. The first kappa shape index (κ1) is 13.5. The molecular weight excluding hydrogens is 219 g/mol. The molecule has 1 rings (SSSR count).